The number of nitrogens with one attached hydrogen (secondary N) is 3. The number of nitrogens with zero attached hydrogens (tertiary/aromatic N) is 4. The van der Waals surface area contributed by atoms with Crippen molar-refractivity contribution < 1.29 is 4.79 Å². The van der Waals surface area contributed by atoms with Gasteiger partial charge in [-0.25, -0.2) is 4.99 Å². The number of aryl methyl sites for hydroxylation is 1. The third-order valence-electron chi connectivity index (χ3n) is 4.22. The minimum atomic E-state index is -0.553. The van der Waals surface area contributed by atoms with Crippen LogP contribution in [0.15, 0.2) is 22.5 Å². The standard InChI is InChI=1S/C18H29N7OS.HI/c1-6-19-16(26)18(3,4)12-22-17(20-10-14-8-7-9-27-14)21-11-15-24-23-13(2)25(15)5;/h7-9H,6,10-12H2,1-5H3,(H,19,26)(H2,20,21,22);1H. The molecule has 28 heavy (non-hydrogen) atoms. The average molecular weight is 519 g/mol. The number of halogens is 1. The molecule has 10 heteroatoms. The Kier molecular flexibility index (Phi) is 9.87. The van der Waals surface area contributed by atoms with Crippen LogP contribution >= 0.6 is 35.3 Å². The number of carbonyl (C=O) groups excluding carboxylic acids is 1. The maximum absolute atomic E-state index is 12.2. The number of rotatable bonds is 8. The summed E-state index contributed by atoms with van der Waals surface area (Å²) in [6.07, 6.45) is 0. The van der Waals surface area contributed by atoms with Crippen molar-refractivity contribution in [1.29, 1.82) is 0 Å². The number of hydrogen-bond acceptors (Lipinski definition) is 5. The molecule has 2 rings (SSSR count). The van der Waals surface area contributed by atoms with Gasteiger partial charge in [-0.15, -0.1) is 45.5 Å². The van der Waals surface area contributed by atoms with E-state index < -0.39 is 5.41 Å². The minimum Gasteiger partial charge on any atom is -0.356 e. The van der Waals surface area contributed by atoms with E-state index >= 15 is 0 Å². The zero-order valence-corrected chi connectivity index (χ0v) is 20.2. The molecule has 0 saturated carbocycles. The number of hydrogen-bond donors (Lipinski definition) is 3. The van der Waals surface area contributed by atoms with Gasteiger partial charge in [-0.1, -0.05) is 6.07 Å². The maximum atomic E-state index is 12.2. The molecule has 2 heterocycles. The Balaban J connectivity index is 0.00000392. The molecule has 0 atom stereocenters. The monoisotopic (exact) mass is 519 g/mol. The van der Waals surface area contributed by atoms with E-state index in [0.29, 0.717) is 32.1 Å². The average Bonchev–Trinajstić information content (AvgIpc) is 3.26. The Hall–Kier alpha value is -1.69. The molecular formula is C18H30IN7OS. The first-order chi connectivity index (χ1) is 12.8. The molecule has 0 aliphatic rings. The highest BCUT2D eigenvalue weighted by atomic mass is 127. The lowest BCUT2D eigenvalue weighted by molar-refractivity contribution is -0.128. The molecule has 0 fully saturated rings. The van der Waals surface area contributed by atoms with Gasteiger partial charge in [0.1, 0.15) is 12.4 Å². The third kappa shape index (κ3) is 7.04. The Labute approximate surface area is 187 Å². The molecule has 3 N–H and O–H groups in total. The second-order valence-electron chi connectivity index (χ2n) is 6.92. The molecular weight excluding hydrogens is 489 g/mol. The van der Waals surface area contributed by atoms with Gasteiger partial charge < -0.3 is 20.5 Å². The van der Waals surface area contributed by atoms with E-state index in [1.165, 1.54) is 4.88 Å². The Morgan fingerprint density at radius 3 is 2.61 bits per heavy atom. The van der Waals surface area contributed by atoms with Crippen molar-refractivity contribution >= 4 is 47.2 Å². The first-order valence-electron chi connectivity index (χ1n) is 9.01. The van der Waals surface area contributed by atoms with Crippen LogP contribution in [0.1, 0.15) is 37.3 Å². The number of guanidine groups is 1. The Morgan fingerprint density at radius 2 is 2.04 bits per heavy atom. The van der Waals surface area contributed by atoms with Crippen LogP contribution in [-0.2, 0) is 24.9 Å². The summed E-state index contributed by atoms with van der Waals surface area (Å²) in [5, 5.41) is 19.7. The fraction of sp³-hybridized carbons (Fsp3) is 0.556. The van der Waals surface area contributed by atoms with Crippen LogP contribution in [0.3, 0.4) is 0 Å². The van der Waals surface area contributed by atoms with Crippen molar-refractivity contribution in [3.63, 3.8) is 0 Å². The molecule has 0 aromatic carbocycles. The van der Waals surface area contributed by atoms with Gasteiger partial charge in [0.15, 0.2) is 11.8 Å². The van der Waals surface area contributed by atoms with E-state index in [9.17, 15) is 4.79 Å². The number of amides is 1. The molecule has 0 spiro atoms. The second-order valence-corrected chi connectivity index (χ2v) is 7.95. The summed E-state index contributed by atoms with van der Waals surface area (Å²) in [5.74, 6) is 2.28. The van der Waals surface area contributed by atoms with E-state index in [2.05, 4.69) is 37.2 Å². The van der Waals surface area contributed by atoms with Gasteiger partial charge in [0, 0.05) is 25.0 Å². The van der Waals surface area contributed by atoms with Crippen molar-refractivity contribution in [2.24, 2.45) is 17.5 Å². The van der Waals surface area contributed by atoms with Gasteiger partial charge in [-0.05, 0) is 39.1 Å². The highest BCUT2D eigenvalue weighted by Gasteiger charge is 2.27. The number of aliphatic imine (C=N–C) groups is 1. The SMILES string of the molecule is CCNC(=O)C(C)(C)CNC(=NCc1nnc(C)n1C)NCc1cccs1.I. The molecule has 0 radical (unpaired) electrons. The van der Waals surface area contributed by atoms with Crippen molar-refractivity contribution in [2.45, 2.75) is 40.8 Å². The second kappa shape index (κ2) is 11.3. The summed E-state index contributed by atoms with van der Waals surface area (Å²) in [7, 11) is 1.92. The van der Waals surface area contributed by atoms with Crippen LogP contribution < -0.4 is 16.0 Å². The molecule has 0 saturated heterocycles. The zero-order chi connectivity index (χ0) is 19.9. The molecule has 2 aromatic rings. The fourth-order valence-electron chi connectivity index (χ4n) is 2.28. The Morgan fingerprint density at radius 1 is 1.29 bits per heavy atom. The van der Waals surface area contributed by atoms with Gasteiger partial charge >= 0.3 is 0 Å². The summed E-state index contributed by atoms with van der Waals surface area (Å²) in [5.41, 5.74) is -0.553. The summed E-state index contributed by atoms with van der Waals surface area (Å²) >= 11 is 1.68. The predicted octanol–water partition coefficient (Wildman–Crippen LogP) is 2.20. The molecule has 0 aliphatic carbocycles. The molecule has 1 amide bonds. The van der Waals surface area contributed by atoms with E-state index in [4.69, 9.17) is 0 Å². The fourth-order valence-corrected chi connectivity index (χ4v) is 2.93. The van der Waals surface area contributed by atoms with Crippen molar-refractivity contribution in [1.82, 2.24) is 30.7 Å². The van der Waals surface area contributed by atoms with E-state index in [0.717, 1.165) is 11.6 Å². The molecule has 0 unspecified atom stereocenters. The summed E-state index contributed by atoms with van der Waals surface area (Å²) in [6, 6.07) is 4.09. The van der Waals surface area contributed by atoms with Gasteiger partial charge in [0.05, 0.1) is 12.0 Å². The topological polar surface area (TPSA) is 96.2 Å². The minimum absolute atomic E-state index is 0. The van der Waals surface area contributed by atoms with E-state index in [1.54, 1.807) is 11.3 Å². The lowest BCUT2D eigenvalue weighted by Gasteiger charge is -2.25. The van der Waals surface area contributed by atoms with E-state index in [1.807, 2.05) is 50.8 Å². The van der Waals surface area contributed by atoms with Crippen LogP contribution in [0.5, 0.6) is 0 Å². The van der Waals surface area contributed by atoms with Crippen LogP contribution in [0.25, 0.3) is 0 Å². The van der Waals surface area contributed by atoms with Crippen molar-refractivity contribution in [2.75, 3.05) is 13.1 Å². The summed E-state index contributed by atoms with van der Waals surface area (Å²) in [4.78, 5) is 18.0. The smallest absolute Gasteiger partial charge is 0.227 e. The van der Waals surface area contributed by atoms with E-state index in [-0.39, 0.29) is 29.9 Å². The number of aromatic nitrogens is 3. The molecule has 0 aliphatic heterocycles. The van der Waals surface area contributed by atoms with Crippen LogP contribution in [-0.4, -0.2) is 39.7 Å². The summed E-state index contributed by atoms with van der Waals surface area (Å²) < 4.78 is 1.92. The molecule has 156 valence electrons. The van der Waals surface area contributed by atoms with Crippen LogP contribution in [0, 0.1) is 12.3 Å². The molecule has 8 nitrogen and oxygen atoms in total. The lowest BCUT2D eigenvalue weighted by Crippen LogP contribution is -2.47. The third-order valence-corrected chi connectivity index (χ3v) is 5.10. The largest absolute Gasteiger partial charge is 0.356 e. The first kappa shape index (κ1) is 24.3. The van der Waals surface area contributed by atoms with Crippen molar-refractivity contribution in [3.05, 3.63) is 34.0 Å². The maximum Gasteiger partial charge on any atom is 0.227 e. The molecule has 2 aromatic heterocycles. The van der Waals surface area contributed by atoms with Gasteiger partial charge in [-0.3, -0.25) is 4.79 Å². The molecule has 0 bridgehead atoms. The highest BCUT2D eigenvalue weighted by molar-refractivity contribution is 14.0. The van der Waals surface area contributed by atoms with Crippen LogP contribution in [0.2, 0.25) is 0 Å². The normalized spacial score (nSPS) is 11.7. The number of carbonyl (C=O) groups is 1. The highest BCUT2D eigenvalue weighted by Crippen LogP contribution is 2.13. The van der Waals surface area contributed by atoms with Crippen LogP contribution in [0.4, 0.5) is 0 Å². The van der Waals surface area contributed by atoms with Gasteiger partial charge in [0.2, 0.25) is 5.91 Å². The first-order valence-corrected chi connectivity index (χ1v) is 9.89. The van der Waals surface area contributed by atoms with Crippen molar-refractivity contribution in [3.8, 4) is 0 Å². The Bertz CT molecular complexity index is 771. The quantitative estimate of drug-likeness (QED) is 0.283. The predicted molar refractivity (Wildman–Crippen MR) is 124 cm³/mol. The number of thiophene rings is 1. The van der Waals surface area contributed by atoms with Gasteiger partial charge in [-0.2, -0.15) is 0 Å². The zero-order valence-electron chi connectivity index (χ0n) is 17.1. The van der Waals surface area contributed by atoms with Gasteiger partial charge in [0.25, 0.3) is 0 Å². The summed E-state index contributed by atoms with van der Waals surface area (Å²) in [6.45, 7) is 9.80. The lowest BCUT2D eigenvalue weighted by atomic mass is 9.92.